The maximum absolute atomic E-state index is 12.9. The molecule has 2 saturated heterocycles. The highest BCUT2D eigenvalue weighted by atomic mass is 19.1. The summed E-state index contributed by atoms with van der Waals surface area (Å²) in [5.41, 5.74) is 1.21. The third kappa shape index (κ3) is 4.77. The summed E-state index contributed by atoms with van der Waals surface area (Å²) in [7, 11) is 0. The second-order valence-electron chi connectivity index (χ2n) is 6.62. The first kappa shape index (κ1) is 15.9. The quantitative estimate of drug-likeness (QED) is 0.905. The van der Waals surface area contributed by atoms with Crippen molar-refractivity contribution in [1.82, 2.24) is 10.2 Å². The summed E-state index contributed by atoms with van der Waals surface area (Å²) >= 11 is 0. The van der Waals surface area contributed by atoms with Gasteiger partial charge in [-0.1, -0.05) is 12.1 Å². The van der Waals surface area contributed by atoms with Gasteiger partial charge in [-0.15, -0.1) is 0 Å². The number of nitrogens with one attached hydrogen (secondary N) is 1. The molecule has 0 aromatic heterocycles. The average molecular weight is 306 g/mol. The second kappa shape index (κ2) is 8.04. The fourth-order valence-electron chi connectivity index (χ4n) is 3.51. The molecule has 1 N–H and O–H groups in total. The van der Waals surface area contributed by atoms with Gasteiger partial charge < -0.3 is 10.1 Å². The van der Waals surface area contributed by atoms with Crippen molar-refractivity contribution < 1.29 is 9.13 Å². The number of rotatable bonds is 5. The van der Waals surface area contributed by atoms with Crippen LogP contribution in [0.1, 0.15) is 31.2 Å². The fraction of sp³-hybridized carbons (Fsp3) is 0.667. The molecule has 1 aromatic rings. The molecule has 22 heavy (non-hydrogen) atoms. The van der Waals surface area contributed by atoms with Crippen molar-refractivity contribution in [3.05, 3.63) is 35.6 Å². The molecule has 0 saturated carbocycles. The summed E-state index contributed by atoms with van der Waals surface area (Å²) in [6.07, 6.45) is 5.46. The van der Waals surface area contributed by atoms with E-state index < -0.39 is 0 Å². The van der Waals surface area contributed by atoms with E-state index in [1.807, 2.05) is 12.1 Å². The number of hydrogen-bond acceptors (Lipinski definition) is 3. The van der Waals surface area contributed by atoms with E-state index in [1.54, 1.807) is 12.1 Å². The number of ether oxygens (including phenoxy) is 1. The Kier molecular flexibility index (Phi) is 5.82. The van der Waals surface area contributed by atoms with Crippen LogP contribution in [-0.2, 0) is 11.3 Å². The molecule has 3 rings (SSSR count). The molecule has 2 aliphatic rings. The standard InChI is InChI=1S/C18H27FN2O/c19-17-4-1-16(2-5-17)14-21-10-7-15(8-11-21)3-6-18-13-20-9-12-22-18/h1-2,4-5,15,18,20H,3,6-14H2. The van der Waals surface area contributed by atoms with E-state index in [4.69, 9.17) is 4.74 Å². The molecule has 2 fully saturated rings. The Bertz CT molecular complexity index is 437. The monoisotopic (exact) mass is 306 g/mol. The first-order valence-corrected chi connectivity index (χ1v) is 8.59. The van der Waals surface area contributed by atoms with Crippen molar-refractivity contribution in [2.45, 2.75) is 38.3 Å². The molecule has 0 bridgehead atoms. The molecule has 2 aliphatic heterocycles. The van der Waals surface area contributed by atoms with Gasteiger partial charge in [-0.25, -0.2) is 4.39 Å². The molecular weight excluding hydrogens is 279 g/mol. The zero-order chi connectivity index (χ0) is 15.2. The second-order valence-corrected chi connectivity index (χ2v) is 6.62. The van der Waals surface area contributed by atoms with Gasteiger partial charge in [0.15, 0.2) is 0 Å². The zero-order valence-corrected chi connectivity index (χ0v) is 13.3. The number of benzene rings is 1. The molecule has 3 nitrogen and oxygen atoms in total. The predicted octanol–water partition coefficient (Wildman–Crippen LogP) is 2.81. The van der Waals surface area contributed by atoms with E-state index in [-0.39, 0.29) is 5.82 Å². The van der Waals surface area contributed by atoms with Crippen LogP contribution in [-0.4, -0.2) is 43.8 Å². The van der Waals surface area contributed by atoms with Gasteiger partial charge in [-0.3, -0.25) is 4.90 Å². The van der Waals surface area contributed by atoms with Crippen LogP contribution >= 0.6 is 0 Å². The Labute approximate surface area is 132 Å². The van der Waals surface area contributed by atoms with Gasteiger partial charge in [-0.05, 0) is 62.4 Å². The lowest BCUT2D eigenvalue weighted by Gasteiger charge is -2.33. The van der Waals surface area contributed by atoms with Crippen LogP contribution in [0.3, 0.4) is 0 Å². The SMILES string of the molecule is Fc1ccc(CN2CCC(CCC3CNCCO3)CC2)cc1. The fourth-order valence-corrected chi connectivity index (χ4v) is 3.51. The van der Waals surface area contributed by atoms with Crippen LogP contribution in [0.2, 0.25) is 0 Å². The van der Waals surface area contributed by atoms with E-state index in [0.717, 1.165) is 45.2 Å². The van der Waals surface area contributed by atoms with Crippen molar-refractivity contribution in [1.29, 1.82) is 0 Å². The van der Waals surface area contributed by atoms with E-state index in [1.165, 1.54) is 31.2 Å². The minimum absolute atomic E-state index is 0.151. The molecule has 0 spiro atoms. The van der Waals surface area contributed by atoms with Crippen LogP contribution in [0.5, 0.6) is 0 Å². The molecule has 0 amide bonds. The van der Waals surface area contributed by atoms with Gasteiger partial charge in [0, 0.05) is 19.6 Å². The van der Waals surface area contributed by atoms with E-state index in [9.17, 15) is 4.39 Å². The van der Waals surface area contributed by atoms with Crippen molar-refractivity contribution in [2.24, 2.45) is 5.92 Å². The van der Waals surface area contributed by atoms with E-state index in [2.05, 4.69) is 10.2 Å². The molecule has 0 aliphatic carbocycles. The van der Waals surface area contributed by atoms with Crippen molar-refractivity contribution >= 4 is 0 Å². The highest BCUT2D eigenvalue weighted by Gasteiger charge is 2.21. The summed E-state index contributed by atoms with van der Waals surface area (Å²) in [4.78, 5) is 2.49. The average Bonchev–Trinajstić information content (AvgIpc) is 2.57. The van der Waals surface area contributed by atoms with Gasteiger partial charge >= 0.3 is 0 Å². The minimum atomic E-state index is -0.151. The third-order valence-electron chi connectivity index (χ3n) is 4.93. The van der Waals surface area contributed by atoms with Gasteiger partial charge in [0.25, 0.3) is 0 Å². The van der Waals surface area contributed by atoms with Crippen LogP contribution in [0, 0.1) is 11.7 Å². The molecule has 1 atom stereocenters. The van der Waals surface area contributed by atoms with Crippen LogP contribution in [0.15, 0.2) is 24.3 Å². The number of likely N-dealkylation sites (tertiary alicyclic amines) is 1. The van der Waals surface area contributed by atoms with Gasteiger partial charge in [0.05, 0.1) is 12.7 Å². The van der Waals surface area contributed by atoms with Crippen molar-refractivity contribution in [3.8, 4) is 0 Å². The Morgan fingerprint density at radius 2 is 1.91 bits per heavy atom. The maximum Gasteiger partial charge on any atom is 0.123 e. The Hall–Kier alpha value is -0.970. The summed E-state index contributed by atoms with van der Waals surface area (Å²) in [5, 5.41) is 3.40. The summed E-state index contributed by atoms with van der Waals surface area (Å²) in [6.45, 7) is 6.14. The Morgan fingerprint density at radius 3 is 2.59 bits per heavy atom. The summed E-state index contributed by atoms with van der Waals surface area (Å²) in [6, 6.07) is 6.91. The normalized spacial score (nSPS) is 24.5. The van der Waals surface area contributed by atoms with Crippen molar-refractivity contribution in [2.75, 3.05) is 32.8 Å². The number of piperidine rings is 1. The highest BCUT2D eigenvalue weighted by Crippen LogP contribution is 2.24. The molecule has 4 heteroatoms. The van der Waals surface area contributed by atoms with Gasteiger partial charge in [0.2, 0.25) is 0 Å². The summed E-state index contributed by atoms with van der Waals surface area (Å²) < 4.78 is 18.7. The third-order valence-corrected chi connectivity index (χ3v) is 4.93. The first-order chi connectivity index (χ1) is 10.8. The number of morpholine rings is 1. The maximum atomic E-state index is 12.9. The smallest absolute Gasteiger partial charge is 0.123 e. The molecule has 1 aromatic carbocycles. The zero-order valence-electron chi connectivity index (χ0n) is 13.3. The van der Waals surface area contributed by atoms with E-state index >= 15 is 0 Å². The number of halogens is 1. The number of nitrogens with zero attached hydrogens (tertiary/aromatic N) is 1. The van der Waals surface area contributed by atoms with Crippen molar-refractivity contribution in [3.63, 3.8) is 0 Å². The highest BCUT2D eigenvalue weighted by molar-refractivity contribution is 5.15. The van der Waals surface area contributed by atoms with Gasteiger partial charge in [-0.2, -0.15) is 0 Å². The van der Waals surface area contributed by atoms with Crippen LogP contribution in [0.4, 0.5) is 4.39 Å². The Morgan fingerprint density at radius 1 is 1.14 bits per heavy atom. The molecular formula is C18H27FN2O. The Balaban J connectivity index is 1.36. The minimum Gasteiger partial charge on any atom is -0.376 e. The molecule has 2 heterocycles. The van der Waals surface area contributed by atoms with Crippen LogP contribution < -0.4 is 5.32 Å². The molecule has 0 radical (unpaired) electrons. The molecule has 1 unspecified atom stereocenters. The topological polar surface area (TPSA) is 24.5 Å². The lowest BCUT2D eigenvalue weighted by Crippen LogP contribution is -2.39. The lowest BCUT2D eigenvalue weighted by atomic mass is 9.90. The van der Waals surface area contributed by atoms with Crippen LogP contribution in [0.25, 0.3) is 0 Å². The van der Waals surface area contributed by atoms with Gasteiger partial charge in [0.1, 0.15) is 5.82 Å². The number of hydrogen-bond donors (Lipinski definition) is 1. The molecule has 122 valence electrons. The summed E-state index contributed by atoms with van der Waals surface area (Å²) in [5.74, 6) is 0.692. The van der Waals surface area contributed by atoms with E-state index in [0.29, 0.717) is 6.10 Å². The largest absolute Gasteiger partial charge is 0.376 e. The lowest BCUT2D eigenvalue weighted by molar-refractivity contribution is 0.0175. The first-order valence-electron chi connectivity index (χ1n) is 8.59. The predicted molar refractivity (Wildman–Crippen MR) is 86.2 cm³/mol.